The Morgan fingerprint density at radius 2 is 2.15 bits per heavy atom. The van der Waals surface area contributed by atoms with Gasteiger partial charge in [0.15, 0.2) is 5.76 Å². The average molecular weight is 369 g/mol. The molecule has 26 heavy (non-hydrogen) atoms. The van der Waals surface area contributed by atoms with Crippen molar-refractivity contribution in [3.8, 4) is 0 Å². The molecule has 1 aliphatic rings. The Morgan fingerprint density at radius 3 is 2.92 bits per heavy atom. The second-order valence-corrected chi connectivity index (χ2v) is 6.91. The monoisotopic (exact) mass is 369 g/mol. The topological polar surface area (TPSA) is 69.2 Å². The number of aromatic amines is 1. The van der Waals surface area contributed by atoms with E-state index >= 15 is 0 Å². The quantitative estimate of drug-likeness (QED) is 0.730. The SMILES string of the molecule is CSCC1=C(O)C(=O)N(c2ccc3nc[nH]c3c2)C1c1cccc(F)c1. The lowest BCUT2D eigenvalue weighted by Gasteiger charge is -2.27. The number of carbonyl (C=O) groups excluding carboxylic acids is 1. The van der Waals surface area contributed by atoms with Gasteiger partial charge in [-0.1, -0.05) is 12.1 Å². The minimum Gasteiger partial charge on any atom is -0.503 e. The van der Waals surface area contributed by atoms with E-state index in [9.17, 15) is 14.3 Å². The summed E-state index contributed by atoms with van der Waals surface area (Å²) in [5.74, 6) is -0.657. The maximum atomic E-state index is 13.8. The molecule has 0 aliphatic carbocycles. The number of nitrogens with one attached hydrogen (secondary N) is 1. The Morgan fingerprint density at radius 1 is 1.31 bits per heavy atom. The number of aromatic nitrogens is 2. The smallest absolute Gasteiger partial charge is 0.294 e. The summed E-state index contributed by atoms with van der Waals surface area (Å²) in [5, 5.41) is 10.5. The standard InChI is InChI=1S/C19H16FN3O2S/c1-26-9-14-17(11-3-2-4-12(20)7-11)23(19(25)18(14)24)13-5-6-15-16(8-13)22-10-21-15/h2-8,10,17,24H,9H2,1H3,(H,21,22). The molecule has 4 rings (SSSR count). The highest BCUT2D eigenvalue weighted by molar-refractivity contribution is 7.98. The Hall–Kier alpha value is -2.80. The van der Waals surface area contributed by atoms with E-state index in [0.29, 0.717) is 22.6 Å². The highest BCUT2D eigenvalue weighted by Gasteiger charge is 2.41. The van der Waals surface area contributed by atoms with Gasteiger partial charge in [-0.3, -0.25) is 9.69 Å². The number of H-pyrrole nitrogens is 1. The molecule has 7 heteroatoms. The molecule has 1 amide bonds. The van der Waals surface area contributed by atoms with E-state index < -0.39 is 11.9 Å². The van der Waals surface area contributed by atoms with Crippen molar-refractivity contribution in [1.29, 1.82) is 0 Å². The Kier molecular flexibility index (Phi) is 4.16. The maximum Gasteiger partial charge on any atom is 0.294 e. The number of anilines is 1. The van der Waals surface area contributed by atoms with Crippen molar-refractivity contribution in [3.63, 3.8) is 0 Å². The van der Waals surface area contributed by atoms with Gasteiger partial charge in [0, 0.05) is 17.0 Å². The normalized spacial score (nSPS) is 17.5. The lowest BCUT2D eigenvalue weighted by atomic mass is 10.00. The Labute approximate surface area is 153 Å². The molecular formula is C19H16FN3O2S. The molecule has 0 saturated heterocycles. The lowest BCUT2D eigenvalue weighted by Crippen LogP contribution is -2.30. The van der Waals surface area contributed by atoms with Crippen molar-refractivity contribution in [3.05, 3.63) is 71.5 Å². The minimum absolute atomic E-state index is 0.265. The van der Waals surface area contributed by atoms with Crippen LogP contribution in [0.4, 0.5) is 10.1 Å². The molecule has 0 saturated carbocycles. The van der Waals surface area contributed by atoms with Crippen LogP contribution in [0.1, 0.15) is 11.6 Å². The first-order valence-corrected chi connectivity index (χ1v) is 9.42. The second kappa shape index (κ2) is 6.49. The van der Waals surface area contributed by atoms with Gasteiger partial charge in [-0.15, -0.1) is 0 Å². The molecule has 2 heterocycles. The third-order valence-electron chi connectivity index (χ3n) is 4.46. The first kappa shape index (κ1) is 16.7. The molecule has 1 aliphatic heterocycles. The number of fused-ring (bicyclic) bond motifs is 1. The maximum absolute atomic E-state index is 13.8. The molecule has 132 valence electrons. The summed E-state index contributed by atoms with van der Waals surface area (Å²) in [5.41, 5.74) is 3.38. The van der Waals surface area contributed by atoms with Crippen LogP contribution in [0.3, 0.4) is 0 Å². The van der Waals surface area contributed by atoms with E-state index in [-0.39, 0.29) is 11.6 Å². The van der Waals surface area contributed by atoms with E-state index in [1.807, 2.05) is 12.3 Å². The second-order valence-electron chi connectivity index (χ2n) is 6.04. The molecule has 2 N–H and O–H groups in total. The predicted octanol–water partition coefficient (Wildman–Crippen LogP) is 3.97. The minimum atomic E-state index is -0.550. The molecule has 3 aromatic rings. The van der Waals surface area contributed by atoms with Gasteiger partial charge >= 0.3 is 0 Å². The zero-order chi connectivity index (χ0) is 18.3. The molecule has 0 spiro atoms. The number of hydrogen-bond donors (Lipinski definition) is 2. The molecule has 5 nitrogen and oxygen atoms in total. The number of imidazole rings is 1. The fourth-order valence-corrected chi connectivity index (χ4v) is 3.93. The number of aliphatic hydroxyl groups excluding tert-OH is 1. The van der Waals surface area contributed by atoms with Gasteiger partial charge in [0.2, 0.25) is 0 Å². The summed E-state index contributed by atoms with van der Waals surface area (Å²) in [6, 6.07) is 11.0. The molecule has 1 atom stereocenters. The fourth-order valence-electron chi connectivity index (χ4n) is 3.32. The van der Waals surface area contributed by atoms with Crippen molar-refractivity contribution in [1.82, 2.24) is 9.97 Å². The summed E-state index contributed by atoms with van der Waals surface area (Å²) < 4.78 is 13.8. The number of thioether (sulfide) groups is 1. The van der Waals surface area contributed by atoms with Crippen LogP contribution in [-0.4, -0.2) is 33.0 Å². The van der Waals surface area contributed by atoms with Gasteiger partial charge in [0.25, 0.3) is 5.91 Å². The van der Waals surface area contributed by atoms with Crippen molar-refractivity contribution in [2.75, 3.05) is 16.9 Å². The fraction of sp³-hybridized carbons (Fsp3) is 0.158. The number of benzene rings is 2. The van der Waals surface area contributed by atoms with Crippen molar-refractivity contribution in [2.24, 2.45) is 0 Å². The third-order valence-corrected chi connectivity index (χ3v) is 5.06. The number of amides is 1. The van der Waals surface area contributed by atoms with Crippen LogP contribution in [0.5, 0.6) is 0 Å². The highest BCUT2D eigenvalue weighted by Crippen LogP contribution is 2.42. The molecule has 2 aromatic carbocycles. The average Bonchev–Trinajstić information content (AvgIpc) is 3.19. The summed E-state index contributed by atoms with van der Waals surface area (Å²) in [6.07, 6.45) is 3.48. The molecule has 1 aromatic heterocycles. The first-order valence-electron chi connectivity index (χ1n) is 8.03. The van der Waals surface area contributed by atoms with Gasteiger partial charge in [-0.25, -0.2) is 9.37 Å². The number of halogens is 1. The van der Waals surface area contributed by atoms with E-state index in [4.69, 9.17) is 0 Å². The van der Waals surface area contributed by atoms with Crippen LogP contribution in [0.2, 0.25) is 0 Å². The Balaban J connectivity index is 1.87. The van der Waals surface area contributed by atoms with E-state index in [1.165, 1.54) is 28.8 Å². The largest absolute Gasteiger partial charge is 0.503 e. The van der Waals surface area contributed by atoms with Crippen LogP contribution in [0.25, 0.3) is 11.0 Å². The van der Waals surface area contributed by atoms with Crippen molar-refractivity contribution < 1.29 is 14.3 Å². The van der Waals surface area contributed by atoms with Crippen molar-refractivity contribution in [2.45, 2.75) is 6.04 Å². The van der Waals surface area contributed by atoms with Gasteiger partial charge < -0.3 is 10.1 Å². The number of hydrogen-bond acceptors (Lipinski definition) is 4. The van der Waals surface area contributed by atoms with E-state index in [2.05, 4.69) is 9.97 Å². The van der Waals surface area contributed by atoms with Gasteiger partial charge in [-0.2, -0.15) is 11.8 Å². The van der Waals surface area contributed by atoms with Crippen LogP contribution < -0.4 is 4.90 Å². The zero-order valence-corrected chi connectivity index (χ0v) is 14.8. The van der Waals surface area contributed by atoms with E-state index in [0.717, 1.165) is 11.0 Å². The van der Waals surface area contributed by atoms with E-state index in [1.54, 1.807) is 30.6 Å². The molecule has 0 bridgehead atoms. The number of carbonyl (C=O) groups is 1. The number of aliphatic hydroxyl groups is 1. The third kappa shape index (κ3) is 2.64. The highest BCUT2D eigenvalue weighted by atomic mass is 32.2. The molecule has 1 unspecified atom stereocenters. The van der Waals surface area contributed by atoms with Crippen LogP contribution in [0.15, 0.2) is 60.1 Å². The molecular weight excluding hydrogens is 353 g/mol. The van der Waals surface area contributed by atoms with Crippen LogP contribution >= 0.6 is 11.8 Å². The predicted molar refractivity (Wildman–Crippen MR) is 101 cm³/mol. The van der Waals surface area contributed by atoms with Gasteiger partial charge in [0.1, 0.15) is 5.82 Å². The van der Waals surface area contributed by atoms with Crippen molar-refractivity contribution >= 4 is 34.4 Å². The van der Waals surface area contributed by atoms with Gasteiger partial charge in [0.05, 0.1) is 23.4 Å². The first-order chi connectivity index (χ1) is 12.6. The lowest BCUT2D eigenvalue weighted by molar-refractivity contribution is -0.117. The summed E-state index contributed by atoms with van der Waals surface area (Å²) in [6.45, 7) is 0. The van der Waals surface area contributed by atoms with Crippen LogP contribution in [-0.2, 0) is 4.79 Å². The zero-order valence-electron chi connectivity index (χ0n) is 13.9. The van der Waals surface area contributed by atoms with Gasteiger partial charge in [-0.05, 0) is 42.2 Å². The molecule has 0 fully saturated rings. The summed E-state index contributed by atoms with van der Waals surface area (Å²) >= 11 is 1.50. The number of nitrogens with zero attached hydrogens (tertiary/aromatic N) is 2. The molecule has 0 radical (unpaired) electrons. The summed E-state index contributed by atoms with van der Waals surface area (Å²) in [4.78, 5) is 21.5. The Bertz CT molecular complexity index is 1030. The number of rotatable bonds is 4. The summed E-state index contributed by atoms with van der Waals surface area (Å²) in [7, 11) is 0. The van der Waals surface area contributed by atoms with Crippen LogP contribution in [0, 0.1) is 5.82 Å².